The summed E-state index contributed by atoms with van der Waals surface area (Å²) < 4.78 is 0.123. The fourth-order valence-electron chi connectivity index (χ4n) is 2.76. The Labute approximate surface area is 139 Å². The number of hydrogen-bond donors (Lipinski definition) is 3. The van der Waals surface area contributed by atoms with Gasteiger partial charge in [0.1, 0.15) is 11.8 Å². The topological polar surface area (TPSA) is 94.8 Å². The van der Waals surface area contributed by atoms with Gasteiger partial charge in [-0.1, -0.05) is 19.1 Å². The van der Waals surface area contributed by atoms with Crippen LogP contribution in [-0.2, 0) is 9.59 Å². The van der Waals surface area contributed by atoms with Crippen molar-refractivity contribution in [3.63, 3.8) is 0 Å². The number of aliphatic hydroxyl groups excluding tert-OH is 1. The molecule has 0 spiro atoms. The van der Waals surface area contributed by atoms with Crippen LogP contribution in [0.2, 0.25) is 0 Å². The lowest BCUT2D eigenvalue weighted by atomic mass is 10.1. The van der Waals surface area contributed by atoms with Gasteiger partial charge in [-0.05, 0) is 39.5 Å². The number of carboxylic acid groups (broad SMARTS) is 2. The molecule has 0 bridgehead atoms. The van der Waals surface area contributed by atoms with Crippen LogP contribution >= 0.6 is 0 Å². The Kier molecular flexibility index (Phi) is 10.5. The number of carboxylic acids is 2. The molecule has 3 N–H and O–H groups in total. The van der Waals surface area contributed by atoms with Gasteiger partial charge in [0.05, 0.1) is 19.6 Å². The van der Waals surface area contributed by atoms with E-state index in [4.69, 9.17) is 10.2 Å². The van der Waals surface area contributed by atoms with Crippen molar-refractivity contribution in [2.24, 2.45) is 11.8 Å². The van der Waals surface area contributed by atoms with E-state index in [1.165, 1.54) is 0 Å². The monoisotopic (exact) mass is 330 g/mol. The first-order valence-corrected chi connectivity index (χ1v) is 8.34. The molecule has 0 aliphatic rings. The molecule has 23 heavy (non-hydrogen) atoms. The summed E-state index contributed by atoms with van der Waals surface area (Å²) in [5, 5.41) is 28.1. The maximum absolute atomic E-state index is 11.1. The fourth-order valence-corrected chi connectivity index (χ4v) is 2.76. The van der Waals surface area contributed by atoms with E-state index in [1.54, 1.807) is 13.8 Å². The van der Waals surface area contributed by atoms with E-state index in [-0.39, 0.29) is 24.3 Å². The summed E-state index contributed by atoms with van der Waals surface area (Å²) in [6.45, 7) is 6.11. The molecular weight excluding hydrogens is 298 g/mol. The van der Waals surface area contributed by atoms with Crippen LogP contribution in [0.15, 0.2) is 12.2 Å². The molecule has 0 aliphatic heterocycles. The molecule has 0 aromatic heterocycles. The standard InChI is InChI=1S/C17H31NO5/c1-4-5-6-7-8-9-10-18(13-19,11-14(2)16(20)21)12-15(3)17(22)23/h5-6,14-15,19H,4,7-13H2,1-3H3,(H-,20,21,22,23)/p+1/b6-5+. The van der Waals surface area contributed by atoms with E-state index in [1.807, 2.05) is 0 Å². The summed E-state index contributed by atoms with van der Waals surface area (Å²) in [4.78, 5) is 22.3. The molecule has 0 amide bonds. The quantitative estimate of drug-likeness (QED) is 0.208. The lowest BCUT2D eigenvalue weighted by Crippen LogP contribution is -2.55. The van der Waals surface area contributed by atoms with E-state index in [0.29, 0.717) is 6.54 Å². The van der Waals surface area contributed by atoms with E-state index in [9.17, 15) is 14.7 Å². The third-order valence-electron chi connectivity index (χ3n) is 4.12. The molecule has 6 nitrogen and oxygen atoms in total. The molecule has 0 saturated carbocycles. The van der Waals surface area contributed by atoms with Crippen molar-refractivity contribution in [2.75, 3.05) is 26.4 Å². The Morgan fingerprint density at radius 1 is 1.00 bits per heavy atom. The SMILES string of the molecule is CC/C=C/CCCC[N+](CO)(CC(C)C(=O)O)CC(C)C(=O)O. The molecular formula is C17H32NO5+. The van der Waals surface area contributed by atoms with Gasteiger partial charge in [-0.2, -0.15) is 0 Å². The number of rotatable bonds is 13. The first kappa shape index (κ1) is 21.6. The lowest BCUT2D eigenvalue weighted by Gasteiger charge is -2.39. The summed E-state index contributed by atoms with van der Waals surface area (Å²) in [6.07, 6.45) is 7.94. The van der Waals surface area contributed by atoms with Gasteiger partial charge >= 0.3 is 11.9 Å². The second kappa shape index (κ2) is 11.2. The van der Waals surface area contributed by atoms with Crippen LogP contribution in [0.1, 0.15) is 46.5 Å². The Morgan fingerprint density at radius 3 is 1.91 bits per heavy atom. The zero-order valence-electron chi connectivity index (χ0n) is 14.6. The number of unbranched alkanes of at least 4 members (excludes halogenated alkanes) is 2. The van der Waals surface area contributed by atoms with E-state index >= 15 is 0 Å². The van der Waals surface area contributed by atoms with Crippen molar-refractivity contribution in [1.29, 1.82) is 0 Å². The Bertz CT molecular complexity index is 372. The predicted octanol–water partition coefficient (Wildman–Crippen LogP) is 2.33. The molecule has 0 heterocycles. The first-order valence-electron chi connectivity index (χ1n) is 8.34. The van der Waals surface area contributed by atoms with E-state index in [0.717, 1.165) is 25.7 Å². The van der Waals surface area contributed by atoms with Crippen molar-refractivity contribution in [1.82, 2.24) is 0 Å². The van der Waals surface area contributed by atoms with Crippen molar-refractivity contribution < 1.29 is 29.4 Å². The van der Waals surface area contributed by atoms with Crippen LogP contribution in [0, 0.1) is 11.8 Å². The van der Waals surface area contributed by atoms with Gasteiger partial charge in [-0.3, -0.25) is 14.1 Å². The van der Waals surface area contributed by atoms with Crippen molar-refractivity contribution in [2.45, 2.75) is 46.5 Å². The molecule has 134 valence electrons. The number of carbonyl (C=O) groups is 2. The van der Waals surface area contributed by atoms with Crippen LogP contribution in [-0.4, -0.2) is 58.1 Å². The van der Waals surface area contributed by atoms with Crippen LogP contribution < -0.4 is 0 Å². The minimum absolute atomic E-state index is 0.123. The summed E-state index contributed by atoms with van der Waals surface area (Å²) in [5.74, 6) is -3.09. The predicted molar refractivity (Wildman–Crippen MR) is 88.8 cm³/mol. The highest BCUT2D eigenvalue weighted by molar-refractivity contribution is 5.70. The molecule has 0 aromatic rings. The highest BCUT2D eigenvalue weighted by atomic mass is 16.4. The van der Waals surface area contributed by atoms with Gasteiger partial charge in [-0.15, -0.1) is 0 Å². The lowest BCUT2D eigenvalue weighted by molar-refractivity contribution is -0.949. The highest BCUT2D eigenvalue weighted by Crippen LogP contribution is 2.18. The molecule has 0 saturated heterocycles. The molecule has 2 unspecified atom stereocenters. The summed E-state index contributed by atoms with van der Waals surface area (Å²) in [6, 6.07) is 0. The molecule has 0 fully saturated rings. The van der Waals surface area contributed by atoms with Gasteiger partial charge in [-0.25, -0.2) is 0 Å². The number of allylic oxidation sites excluding steroid dienone is 2. The van der Waals surface area contributed by atoms with Crippen LogP contribution in [0.25, 0.3) is 0 Å². The first-order chi connectivity index (χ1) is 10.8. The number of aliphatic hydroxyl groups is 1. The zero-order valence-corrected chi connectivity index (χ0v) is 14.6. The highest BCUT2D eigenvalue weighted by Gasteiger charge is 2.34. The smallest absolute Gasteiger partial charge is 0.311 e. The fraction of sp³-hybridized carbons (Fsp3) is 0.765. The maximum Gasteiger partial charge on any atom is 0.311 e. The normalized spacial score (nSPS) is 16.9. The molecule has 0 aromatic carbocycles. The van der Waals surface area contributed by atoms with Gasteiger partial charge in [0.2, 0.25) is 0 Å². The van der Waals surface area contributed by atoms with Gasteiger partial charge < -0.3 is 15.3 Å². The summed E-state index contributed by atoms with van der Waals surface area (Å²) in [5.41, 5.74) is 0. The average Bonchev–Trinajstić information content (AvgIpc) is 2.50. The van der Waals surface area contributed by atoms with Crippen molar-refractivity contribution >= 4 is 11.9 Å². The number of hydrogen-bond acceptors (Lipinski definition) is 3. The minimum atomic E-state index is -0.921. The number of nitrogens with zero attached hydrogens (tertiary/aromatic N) is 1. The van der Waals surface area contributed by atoms with Gasteiger partial charge in [0, 0.05) is 0 Å². The molecule has 0 rings (SSSR count). The molecule has 0 radical (unpaired) electrons. The minimum Gasteiger partial charge on any atom is -0.481 e. The third-order valence-corrected chi connectivity index (χ3v) is 4.12. The maximum atomic E-state index is 11.1. The van der Waals surface area contributed by atoms with Crippen LogP contribution in [0.3, 0.4) is 0 Å². The largest absolute Gasteiger partial charge is 0.481 e. The van der Waals surface area contributed by atoms with E-state index < -0.39 is 23.8 Å². The van der Waals surface area contributed by atoms with Crippen LogP contribution in [0.4, 0.5) is 0 Å². The Morgan fingerprint density at radius 2 is 1.52 bits per heavy atom. The Balaban J connectivity index is 4.83. The van der Waals surface area contributed by atoms with Crippen molar-refractivity contribution in [3.05, 3.63) is 12.2 Å². The number of quaternary nitrogens is 1. The second-order valence-electron chi connectivity index (χ2n) is 6.43. The van der Waals surface area contributed by atoms with E-state index in [2.05, 4.69) is 19.1 Å². The third kappa shape index (κ3) is 8.71. The average molecular weight is 330 g/mol. The summed E-state index contributed by atoms with van der Waals surface area (Å²) in [7, 11) is 0. The molecule has 2 atom stereocenters. The van der Waals surface area contributed by atoms with Crippen molar-refractivity contribution in [3.8, 4) is 0 Å². The molecule has 0 aliphatic carbocycles. The number of aliphatic carboxylic acids is 2. The summed E-state index contributed by atoms with van der Waals surface area (Å²) >= 11 is 0. The zero-order chi connectivity index (χ0) is 17.9. The van der Waals surface area contributed by atoms with Crippen LogP contribution in [0.5, 0.6) is 0 Å². The Hall–Kier alpha value is -1.40. The second-order valence-corrected chi connectivity index (χ2v) is 6.43. The van der Waals surface area contributed by atoms with Gasteiger partial charge in [0.25, 0.3) is 0 Å². The van der Waals surface area contributed by atoms with Gasteiger partial charge in [0.15, 0.2) is 6.73 Å². The molecule has 6 heteroatoms.